The zero-order valence-corrected chi connectivity index (χ0v) is 23.0. The summed E-state index contributed by atoms with van der Waals surface area (Å²) in [6, 6.07) is 13.4. The highest BCUT2D eigenvalue weighted by Crippen LogP contribution is 2.35. The van der Waals surface area contributed by atoms with Crippen LogP contribution in [0.15, 0.2) is 53.4 Å². The minimum absolute atomic E-state index is 0.00803. The highest BCUT2D eigenvalue weighted by atomic mass is 32.2. The Morgan fingerprint density at radius 1 is 1.11 bits per heavy atom. The third-order valence-electron chi connectivity index (χ3n) is 5.95. The molecule has 0 unspecified atom stereocenters. The van der Waals surface area contributed by atoms with Crippen LogP contribution >= 0.6 is 0 Å². The van der Waals surface area contributed by atoms with Gasteiger partial charge in [0, 0.05) is 12.6 Å². The number of hydrogen-bond donors (Lipinski definition) is 2. The van der Waals surface area contributed by atoms with Crippen molar-refractivity contribution in [3.05, 3.63) is 54.1 Å². The lowest BCUT2D eigenvalue weighted by molar-refractivity contribution is 0.0301. The van der Waals surface area contributed by atoms with E-state index in [0.29, 0.717) is 17.1 Å². The first-order valence-electron chi connectivity index (χ1n) is 12.5. The Balaban J connectivity index is 2.02. The number of ether oxygens (including phenoxy) is 3. The highest BCUT2D eigenvalue weighted by molar-refractivity contribution is 7.89. The van der Waals surface area contributed by atoms with Crippen LogP contribution in [-0.2, 0) is 21.3 Å². The summed E-state index contributed by atoms with van der Waals surface area (Å²) in [6.07, 6.45) is 0.497. The SMILES string of the molecule is COc1ccc(S(=O)(=O)N(Cc2ccccc2)[C@H](NC(=O)OC(C)(C)C)[C@@H](C)O)cc1OC1CCCC1. The molecule has 0 heterocycles. The average Bonchev–Trinajstić information content (AvgIpc) is 3.33. The molecule has 0 aliphatic heterocycles. The molecule has 0 spiro atoms. The average molecular weight is 535 g/mol. The molecule has 1 fully saturated rings. The van der Waals surface area contributed by atoms with Crippen LogP contribution in [0.3, 0.4) is 0 Å². The van der Waals surface area contributed by atoms with E-state index in [1.807, 2.05) is 6.07 Å². The maximum atomic E-state index is 14.1. The van der Waals surface area contributed by atoms with Crippen molar-refractivity contribution in [2.75, 3.05) is 7.11 Å². The summed E-state index contributed by atoms with van der Waals surface area (Å²) in [6.45, 7) is 6.42. The van der Waals surface area contributed by atoms with Crippen molar-refractivity contribution in [1.82, 2.24) is 9.62 Å². The number of alkyl carbamates (subject to hydrolysis) is 1. The molecule has 9 nitrogen and oxygen atoms in total. The maximum absolute atomic E-state index is 14.1. The van der Waals surface area contributed by atoms with E-state index in [1.54, 1.807) is 51.1 Å². The van der Waals surface area contributed by atoms with Gasteiger partial charge in [-0.2, -0.15) is 4.31 Å². The van der Waals surface area contributed by atoms with Gasteiger partial charge in [-0.1, -0.05) is 30.3 Å². The Labute approximate surface area is 219 Å². The van der Waals surface area contributed by atoms with Gasteiger partial charge in [0.15, 0.2) is 11.5 Å². The summed E-state index contributed by atoms with van der Waals surface area (Å²) < 4.78 is 46.1. The summed E-state index contributed by atoms with van der Waals surface area (Å²) in [4.78, 5) is 12.6. The van der Waals surface area contributed by atoms with Crippen molar-refractivity contribution in [3.8, 4) is 11.5 Å². The van der Waals surface area contributed by atoms with Gasteiger partial charge in [0.05, 0.1) is 24.2 Å². The van der Waals surface area contributed by atoms with Crippen LogP contribution in [0.25, 0.3) is 0 Å². The quantitative estimate of drug-likeness (QED) is 0.433. The normalized spacial score (nSPS) is 16.3. The lowest BCUT2D eigenvalue weighted by Gasteiger charge is -2.34. The number of aliphatic hydroxyl groups excluding tert-OH is 1. The maximum Gasteiger partial charge on any atom is 0.409 e. The van der Waals surface area contributed by atoms with Gasteiger partial charge in [0.2, 0.25) is 10.0 Å². The fourth-order valence-electron chi connectivity index (χ4n) is 4.19. The molecule has 2 atom stereocenters. The van der Waals surface area contributed by atoms with E-state index in [1.165, 1.54) is 26.2 Å². The molecule has 1 aliphatic rings. The molecule has 0 radical (unpaired) electrons. The predicted octanol–water partition coefficient (Wildman–Crippen LogP) is 4.44. The zero-order chi connectivity index (χ0) is 27.2. The smallest absolute Gasteiger partial charge is 0.409 e. The van der Waals surface area contributed by atoms with E-state index >= 15 is 0 Å². The number of methoxy groups -OCH3 is 1. The molecule has 2 aromatic rings. The van der Waals surface area contributed by atoms with Gasteiger partial charge in [0.25, 0.3) is 0 Å². The van der Waals surface area contributed by atoms with Gasteiger partial charge in [-0.05, 0) is 71.1 Å². The van der Waals surface area contributed by atoms with E-state index in [9.17, 15) is 18.3 Å². The monoisotopic (exact) mass is 534 g/mol. The number of aliphatic hydroxyl groups is 1. The molecule has 10 heteroatoms. The second-order valence-corrected chi connectivity index (χ2v) is 12.1. The van der Waals surface area contributed by atoms with Crippen molar-refractivity contribution in [3.63, 3.8) is 0 Å². The number of sulfonamides is 1. The molecule has 2 aromatic carbocycles. The van der Waals surface area contributed by atoms with Gasteiger partial charge < -0.3 is 24.6 Å². The molecule has 3 rings (SSSR count). The third-order valence-corrected chi connectivity index (χ3v) is 7.77. The zero-order valence-electron chi connectivity index (χ0n) is 22.1. The molecular weight excluding hydrogens is 496 g/mol. The summed E-state index contributed by atoms with van der Waals surface area (Å²) in [5.74, 6) is 0.767. The first-order chi connectivity index (χ1) is 17.4. The van der Waals surface area contributed by atoms with Crippen molar-refractivity contribution < 1.29 is 32.5 Å². The van der Waals surface area contributed by atoms with Crippen LogP contribution < -0.4 is 14.8 Å². The molecule has 1 aliphatic carbocycles. The fourth-order valence-corrected chi connectivity index (χ4v) is 5.80. The summed E-state index contributed by atoms with van der Waals surface area (Å²) >= 11 is 0. The molecular formula is C27H38N2O7S. The number of carbonyl (C=O) groups excluding carboxylic acids is 1. The number of benzene rings is 2. The second kappa shape index (κ2) is 12.1. The van der Waals surface area contributed by atoms with Crippen molar-refractivity contribution in [2.24, 2.45) is 0 Å². The largest absolute Gasteiger partial charge is 0.493 e. The number of nitrogens with one attached hydrogen (secondary N) is 1. The van der Waals surface area contributed by atoms with Gasteiger partial charge >= 0.3 is 6.09 Å². The molecule has 0 bridgehead atoms. The number of hydrogen-bond acceptors (Lipinski definition) is 7. The number of rotatable bonds is 10. The summed E-state index contributed by atoms with van der Waals surface area (Å²) in [5, 5.41) is 13.2. The first kappa shape index (κ1) is 28.7. The van der Waals surface area contributed by atoms with Crippen LogP contribution in [0.2, 0.25) is 0 Å². The Hall–Kier alpha value is -2.82. The molecule has 204 valence electrons. The van der Waals surface area contributed by atoms with Crippen LogP contribution in [0.5, 0.6) is 11.5 Å². The van der Waals surface area contributed by atoms with E-state index in [4.69, 9.17) is 14.2 Å². The lowest BCUT2D eigenvalue weighted by atomic mass is 10.2. The first-order valence-corrected chi connectivity index (χ1v) is 13.9. The minimum atomic E-state index is -4.25. The van der Waals surface area contributed by atoms with Crippen molar-refractivity contribution in [1.29, 1.82) is 0 Å². The number of amides is 1. The molecule has 0 aromatic heterocycles. The van der Waals surface area contributed by atoms with Gasteiger partial charge in [-0.25, -0.2) is 13.2 Å². The third kappa shape index (κ3) is 7.83. The van der Waals surface area contributed by atoms with Crippen LogP contribution in [0.1, 0.15) is 58.9 Å². The number of nitrogens with zero attached hydrogens (tertiary/aromatic N) is 1. The van der Waals surface area contributed by atoms with E-state index in [2.05, 4.69) is 5.32 Å². The molecule has 1 saturated carbocycles. The van der Waals surface area contributed by atoms with Crippen LogP contribution in [0.4, 0.5) is 4.79 Å². The van der Waals surface area contributed by atoms with Gasteiger partial charge in [-0.3, -0.25) is 0 Å². The molecule has 0 saturated heterocycles. The minimum Gasteiger partial charge on any atom is -0.493 e. The van der Waals surface area contributed by atoms with Gasteiger partial charge in [0.1, 0.15) is 11.8 Å². The van der Waals surface area contributed by atoms with Gasteiger partial charge in [-0.15, -0.1) is 0 Å². The fraction of sp³-hybridized carbons (Fsp3) is 0.519. The predicted molar refractivity (Wildman–Crippen MR) is 140 cm³/mol. The summed E-state index contributed by atoms with van der Waals surface area (Å²) in [7, 11) is -2.75. The van der Waals surface area contributed by atoms with E-state index in [0.717, 1.165) is 30.0 Å². The number of carbonyl (C=O) groups is 1. The molecule has 37 heavy (non-hydrogen) atoms. The van der Waals surface area contributed by atoms with Crippen molar-refractivity contribution in [2.45, 2.75) is 88.8 Å². The lowest BCUT2D eigenvalue weighted by Crippen LogP contribution is -2.56. The Bertz CT molecular complexity index is 1140. The summed E-state index contributed by atoms with van der Waals surface area (Å²) in [5.41, 5.74) is -0.127. The van der Waals surface area contributed by atoms with E-state index < -0.39 is 34.0 Å². The second-order valence-electron chi connectivity index (χ2n) is 10.2. The van der Waals surface area contributed by atoms with Crippen LogP contribution in [-0.4, -0.2) is 55.0 Å². The molecule has 2 N–H and O–H groups in total. The molecule has 1 amide bonds. The van der Waals surface area contributed by atoms with Crippen molar-refractivity contribution >= 4 is 16.1 Å². The standard InChI is InChI=1S/C27H38N2O7S/c1-19(30)25(28-26(31)36-27(2,3)4)29(18-20-11-7-6-8-12-20)37(32,33)22-15-16-23(34-5)24(17-22)35-21-13-9-10-14-21/h6-8,11-12,15-17,19,21,25,30H,9-10,13-14,18H2,1-5H3,(H,28,31)/t19-,25+/m1/s1. The Morgan fingerprint density at radius 3 is 2.32 bits per heavy atom. The Kier molecular flexibility index (Phi) is 9.44. The van der Waals surface area contributed by atoms with E-state index in [-0.39, 0.29) is 17.5 Å². The van der Waals surface area contributed by atoms with Crippen LogP contribution in [0, 0.1) is 0 Å². The Morgan fingerprint density at radius 2 is 1.76 bits per heavy atom. The highest BCUT2D eigenvalue weighted by Gasteiger charge is 2.37. The topological polar surface area (TPSA) is 114 Å².